The topological polar surface area (TPSA) is 52.6 Å². The lowest BCUT2D eigenvalue weighted by Gasteiger charge is -2.38. The van der Waals surface area contributed by atoms with Crippen molar-refractivity contribution < 1.29 is 19.1 Å². The predicted octanol–water partition coefficient (Wildman–Crippen LogP) is 4.54. The van der Waals surface area contributed by atoms with Gasteiger partial charge >= 0.3 is 5.97 Å². The molecule has 1 saturated heterocycles. The van der Waals surface area contributed by atoms with Gasteiger partial charge in [0.25, 0.3) is 0 Å². The average molecular weight is 316 g/mol. The van der Waals surface area contributed by atoms with Crippen molar-refractivity contribution in [3.05, 3.63) is 0 Å². The molecule has 0 amide bonds. The molecule has 0 spiro atoms. The van der Waals surface area contributed by atoms with E-state index in [1.807, 2.05) is 62.3 Å². The van der Waals surface area contributed by atoms with E-state index in [0.717, 1.165) is 12.7 Å². The van der Waals surface area contributed by atoms with Crippen molar-refractivity contribution in [2.45, 2.75) is 98.9 Å². The van der Waals surface area contributed by atoms with Gasteiger partial charge in [0.1, 0.15) is 18.0 Å². The minimum Gasteiger partial charge on any atom is -0.460 e. The van der Waals surface area contributed by atoms with Crippen molar-refractivity contribution in [3.63, 3.8) is 0 Å². The molecule has 1 heterocycles. The summed E-state index contributed by atoms with van der Waals surface area (Å²) in [5.74, 6) is -0.0475. The van der Waals surface area contributed by atoms with E-state index in [0.29, 0.717) is 12.8 Å². The highest BCUT2D eigenvalue weighted by atomic mass is 16.6. The molecule has 0 aromatic carbocycles. The second-order valence-electron chi connectivity index (χ2n) is 6.65. The van der Waals surface area contributed by atoms with Crippen LogP contribution >= 0.6 is 0 Å². The average Bonchev–Trinajstić information content (AvgIpc) is 2.39. The van der Waals surface area contributed by atoms with Crippen LogP contribution in [-0.2, 0) is 19.1 Å². The van der Waals surface area contributed by atoms with Crippen LogP contribution in [0.3, 0.4) is 0 Å². The van der Waals surface area contributed by atoms with Gasteiger partial charge in [0.05, 0.1) is 5.60 Å². The maximum atomic E-state index is 11.8. The highest BCUT2D eigenvalue weighted by Crippen LogP contribution is 2.34. The summed E-state index contributed by atoms with van der Waals surface area (Å²) in [6, 6.07) is 0. The largest absolute Gasteiger partial charge is 0.460 e. The first-order valence-corrected chi connectivity index (χ1v) is 8.46. The monoisotopic (exact) mass is 316 g/mol. The van der Waals surface area contributed by atoms with Crippen molar-refractivity contribution in [2.75, 3.05) is 0 Å². The van der Waals surface area contributed by atoms with Crippen molar-refractivity contribution in [1.82, 2.24) is 0 Å². The molecule has 0 aromatic rings. The third kappa shape index (κ3) is 10.8. The predicted molar refractivity (Wildman–Crippen MR) is 90.9 cm³/mol. The van der Waals surface area contributed by atoms with Crippen LogP contribution in [0.2, 0.25) is 0 Å². The standard InChI is InChI=1S/C14H24O4.2C2H6/c1-13(2,3)18-12(16)7-10-6-11(9-15)17-14(4,5)8-10;2*1-2/h9-11H,6-8H2,1-5H3;2*1-2H3. The Bertz CT molecular complexity index is 316. The van der Waals surface area contributed by atoms with E-state index in [-0.39, 0.29) is 17.5 Å². The minimum absolute atomic E-state index is 0.152. The van der Waals surface area contributed by atoms with Gasteiger partial charge in [0, 0.05) is 6.42 Å². The minimum atomic E-state index is -0.457. The molecule has 2 unspecified atom stereocenters. The molecule has 4 nitrogen and oxygen atoms in total. The molecule has 22 heavy (non-hydrogen) atoms. The number of esters is 1. The fourth-order valence-corrected chi connectivity index (χ4v) is 2.47. The van der Waals surface area contributed by atoms with Crippen LogP contribution in [0, 0.1) is 5.92 Å². The van der Waals surface area contributed by atoms with E-state index >= 15 is 0 Å². The Balaban J connectivity index is 0. The van der Waals surface area contributed by atoms with E-state index in [4.69, 9.17) is 9.47 Å². The number of aldehydes is 1. The molecular formula is C18H36O4. The molecule has 4 heteroatoms. The van der Waals surface area contributed by atoms with Gasteiger partial charge in [-0.3, -0.25) is 4.79 Å². The Morgan fingerprint density at radius 1 is 1.23 bits per heavy atom. The van der Waals surface area contributed by atoms with Crippen LogP contribution in [0.5, 0.6) is 0 Å². The molecule has 0 saturated carbocycles. The number of hydrogen-bond acceptors (Lipinski definition) is 4. The summed E-state index contributed by atoms with van der Waals surface area (Å²) in [7, 11) is 0. The Morgan fingerprint density at radius 3 is 2.14 bits per heavy atom. The number of ether oxygens (including phenoxy) is 2. The molecule has 1 aliphatic rings. The lowest BCUT2D eigenvalue weighted by Crippen LogP contribution is -2.41. The van der Waals surface area contributed by atoms with Gasteiger partial charge in [-0.25, -0.2) is 0 Å². The van der Waals surface area contributed by atoms with Crippen LogP contribution in [0.1, 0.15) is 81.6 Å². The first-order valence-electron chi connectivity index (χ1n) is 8.46. The number of carbonyl (C=O) groups is 2. The van der Waals surface area contributed by atoms with E-state index in [2.05, 4.69) is 0 Å². The zero-order chi connectivity index (χ0) is 18.0. The molecule has 0 aliphatic carbocycles. The molecule has 1 aliphatic heterocycles. The lowest BCUT2D eigenvalue weighted by atomic mass is 9.84. The number of carbonyl (C=O) groups excluding carboxylic acids is 2. The Kier molecular flexibility index (Phi) is 11.4. The van der Waals surface area contributed by atoms with Crippen LogP contribution in [-0.4, -0.2) is 29.6 Å². The van der Waals surface area contributed by atoms with Gasteiger partial charge in [0.15, 0.2) is 0 Å². The molecule has 0 N–H and O–H groups in total. The van der Waals surface area contributed by atoms with Crippen molar-refractivity contribution >= 4 is 12.3 Å². The summed E-state index contributed by atoms with van der Waals surface area (Å²) in [4.78, 5) is 22.6. The normalized spacial score (nSPS) is 23.1. The SMILES string of the molecule is CC.CC.CC(C)(C)OC(=O)CC1CC(C=O)OC(C)(C)C1. The Morgan fingerprint density at radius 2 is 1.73 bits per heavy atom. The van der Waals surface area contributed by atoms with Crippen LogP contribution in [0.4, 0.5) is 0 Å². The Labute approximate surface area is 136 Å². The zero-order valence-electron chi connectivity index (χ0n) is 16.0. The van der Waals surface area contributed by atoms with Crippen LogP contribution in [0.15, 0.2) is 0 Å². The van der Waals surface area contributed by atoms with Crippen LogP contribution in [0.25, 0.3) is 0 Å². The summed E-state index contributed by atoms with van der Waals surface area (Å²) in [6.07, 6.45) is 2.15. The van der Waals surface area contributed by atoms with E-state index in [1.165, 1.54) is 0 Å². The molecule has 0 radical (unpaired) electrons. The molecule has 0 bridgehead atoms. The van der Waals surface area contributed by atoms with Gasteiger partial charge in [-0.2, -0.15) is 0 Å². The Hall–Kier alpha value is -0.900. The summed E-state index contributed by atoms with van der Waals surface area (Å²) in [5.41, 5.74) is -0.807. The maximum absolute atomic E-state index is 11.8. The smallest absolute Gasteiger partial charge is 0.306 e. The van der Waals surface area contributed by atoms with Gasteiger partial charge in [-0.05, 0) is 53.4 Å². The van der Waals surface area contributed by atoms with Crippen molar-refractivity contribution in [2.24, 2.45) is 5.92 Å². The highest BCUT2D eigenvalue weighted by molar-refractivity contribution is 5.70. The van der Waals surface area contributed by atoms with E-state index in [9.17, 15) is 9.59 Å². The van der Waals surface area contributed by atoms with Gasteiger partial charge in [0.2, 0.25) is 0 Å². The summed E-state index contributed by atoms with van der Waals surface area (Å²) in [5, 5.41) is 0. The van der Waals surface area contributed by atoms with E-state index < -0.39 is 11.7 Å². The quantitative estimate of drug-likeness (QED) is 0.566. The fourth-order valence-electron chi connectivity index (χ4n) is 2.47. The molecule has 2 atom stereocenters. The number of rotatable bonds is 3. The first kappa shape index (κ1) is 23.4. The zero-order valence-corrected chi connectivity index (χ0v) is 16.0. The first-order chi connectivity index (χ1) is 10.1. The molecule has 132 valence electrons. The maximum Gasteiger partial charge on any atom is 0.306 e. The molecule has 1 rings (SSSR count). The lowest BCUT2D eigenvalue weighted by molar-refractivity contribution is -0.163. The van der Waals surface area contributed by atoms with Crippen LogP contribution < -0.4 is 0 Å². The van der Waals surface area contributed by atoms with Gasteiger partial charge < -0.3 is 14.3 Å². The summed E-state index contributed by atoms with van der Waals surface area (Å²) < 4.78 is 10.9. The second kappa shape index (κ2) is 10.8. The molecular weight excluding hydrogens is 280 g/mol. The van der Waals surface area contributed by atoms with Crippen molar-refractivity contribution in [3.8, 4) is 0 Å². The van der Waals surface area contributed by atoms with Gasteiger partial charge in [-0.1, -0.05) is 27.7 Å². The highest BCUT2D eigenvalue weighted by Gasteiger charge is 2.36. The summed E-state index contributed by atoms with van der Waals surface area (Å²) >= 11 is 0. The van der Waals surface area contributed by atoms with E-state index in [1.54, 1.807) is 0 Å². The number of hydrogen-bond donors (Lipinski definition) is 0. The fraction of sp³-hybridized carbons (Fsp3) is 0.889. The third-order valence-electron chi connectivity index (χ3n) is 2.84. The molecule has 0 aromatic heterocycles. The third-order valence-corrected chi connectivity index (χ3v) is 2.84. The summed E-state index contributed by atoms with van der Waals surface area (Å²) in [6.45, 7) is 17.5. The van der Waals surface area contributed by atoms with Gasteiger partial charge in [-0.15, -0.1) is 0 Å². The second-order valence-corrected chi connectivity index (χ2v) is 6.65. The molecule has 1 fully saturated rings. The van der Waals surface area contributed by atoms with Crippen molar-refractivity contribution in [1.29, 1.82) is 0 Å².